The normalized spacial score (nSPS) is 11.3. The lowest BCUT2D eigenvalue weighted by Crippen LogP contribution is -2.16. The number of halogens is 1. The van der Waals surface area contributed by atoms with Gasteiger partial charge in [-0.15, -0.1) is 0 Å². The second-order valence-corrected chi connectivity index (χ2v) is 6.54. The number of sulfonamides is 1. The first-order valence-corrected chi connectivity index (χ1v) is 7.91. The van der Waals surface area contributed by atoms with Gasteiger partial charge in [0.05, 0.1) is 11.5 Å². The minimum atomic E-state index is -3.82. The van der Waals surface area contributed by atoms with Gasteiger partial charge < -0.3 is 5.11 Å². The van der Waals surface area contributed by atoms with E-state index in [2.05, 4.69) is 30.6 Å². The second kappa shape index (κ2) is 5.86. The molecular weight excluding hydrogens is 346 g/mol. The van der Waals surface area contributed by atoms with Crippen molar-refractivity contribution >= 4 is 31.9 Å². The van der Waals surface area contributed by atoms with Crippen LogP contribution in [0.1, 0.15) is 11.1 Å². The first-order valence-electron chi connectivity index (χ1n) is 5.64. The molecular formula is C12H12BrN3O3S. The molecule has 20 heavy (non-hydrogen) atoms. The van der Waals surface area contributed by atoms with Crippen molar-refractivity contribution in [2.45, 2.75) is 18.4 Å². The molecule has 0 bridgehead atoms. The average molecular weight is 358 g/mol. The van der Waals surface area contributed by atoms with Crippen molar-refractivity contribution < 1.29 is 13.5 Å². The fourth-order valence-electron chi connectivity index (χ4n) is 1.60. The average Bonchev–Trinajstić information content (AvgIpc) is 2.42. The van der Waals surface area contributed by atoms with Crippen LogP contribution in [-0.4, -0.2) is 23.5 Å². The third kappa shape index (κ3) is 3.14. The number of rotatable bonds is 4. The third-order valence-electron chi connectivity index (χ3n) is 2.62. The summed E-state index contributed by atoms with van der Waals surface area (Å²) in [5.74, 6) is -0.00239. The predicted octanol–water partition coefficient (Wildman–Crippen LogP) is 1.84. The van der Waals surface area contributed by atoms with E-state index in [1.165, 1.54) is 18.5 Å². The molecule has 0 saturated carbocycles. The monoisotopic (exact) mass is 357 g/mol. The van der Waals surface area contributed by atoms with Crippen molar-refractivity contribution in [2.75, 3.05) is 4.72 Å². The van der Waals surface area contributed by atoms with Gasteiger partial charge in [0, 0.05) is 16.9 Å². The molecule has 106 valence electrons. The van der Waals surface area contributed by atoms with Crippen LogP contribution in [0.15, 0.2) is 40.0 Å². The lowest BCUT2D eigenvalue weighted by atomic mass is 10.2. The van der Waals surface area contributed by atoms with Crippen LogP contribution in [-0.2, 0) is 16.6 Å². The minimum absolute atomic E-state index is 0.00239. The van der Waals surface area contributed by atoms with E-state index >= 15 is 0 Å². The molecule has 8 heteroatoms. The lowest BCUT2D eigenvalue weighted by molar-refractivity contribution is 0.281. The molecule has 0 spiro atoms. The van der Waals surface area contributed by atoms with E-state index in [1.807, 2.05) is 0 Å². The van der Waals surface area contributed by atoms with Crippen molar-refractivity contribution in [3.63, 3.8) is 0 Å². The highest BCUT2D eigenvalue weighted by Gasteiger charge is 2.20. The van der Waals surface area contributed by atoms with Gasteiger partial charge in [0.2, 0.25) is 5.95 Å². The standard InChI is InChI=1S/C12H12BrN3O3S/c1-8-10(13)5-9(7-17)6-11(8)20(18,19)16-12-14-3-2-4-15-12/h2-6,17H,7H2,1H3,(H,14,15,16). The summed E-state index contributed by atoms with van der Waals surface area (Å²) in [5, 5.41) is 9.17. The molecule has 0 fully saturated rings. The van der Waals surface area contributed by atoms with Crippen LogP contribution in [0.2, 0.25) is 0 Å². The topological polar surface area (TPSA) is 92.2 Å². The molecule has 0 aliphatic carbocycles. The Morgan fingerprint density at radius 1 is 1.30 bits per heavy atom. The number of benzene rings is 1. The number of aliphatic hydroxyl groups excluding tert-OH is 1. The van der Waals surface area contributed by atoms with E-state index in [4.69, 9.17) is 0 Å². The van der Waals surface area contributed by atoms with Gasteiger partial charge in [-0.25, -0.2) is 23.1 Å². The van der Waals surface area contributed by atoms with E-state index in [9.17, 15) is 13.5 Å². The summed E-state index contributed by atoms with van der Waals surface area (Å²) in [5.41, 5.74) is 1.04. The Hall–Kier alpha value is -1.51. The minimum Gasteiger partial charge on any atom is -0.392 e. The number of nitrogens with zero attached hydrogens (tertiary/aromatic N) is 2. The van der Waals surface area contributed by atoms with Crippen LogP contribution < -0.4 is 4.72 Å². The van der Waals surface area contributed by atoms with Gasteiger partial charge in [0.1, 0.15) is 0 Å². The number of aliphatic hydroxyl groups is 1. The molecule has 0 amide bonds. The first-order chi connectivity index (χ1) is 9.44. The van der Waals surface area contributed by atoms with E-state index in [0.29, 0.717) is 15.6 Å². The maximum Gasteiger partial charge on any atom is 0.264 e. The Labute approximate surface area is 125 Å². The molecule has 2 N–H and O–H groups in total. The van der Waals surface area contributed by atoms with Gasteiger partial charge in [-0.05, 0) is 36.2 Å². The quantitative estimate of drug-likeness (QED) is 0.870. The second-order valence-electron chi connectivity index (χ2n) is 4.04. The summed E-state index contributed by atoms with van der Waals surface area (Å²) in [7, 11) is -3.82. The smallest absolute Gasteiger partial charge is 0.264 e. The van der Waals surface area contributed by atoms with Crippen LogP contribution in [0.4, 0.5) is 5.95 Å². The van der Waals surface area contributed by atoms with Gasteiger partial charge in [-0.2, -0.15) is 0 Å². The summed E-state index contributed by atoms with van der Waals surface area (Å²) in [6.07, 6.45) is 2.88. The zero-order valence-electron chi connectivity index (χ0n) is 10.5. The molecule has 0 atom stereocenters. The SMILES string of the molecule is Cc1c(Br)cc(CO)cc1S(=O)(=O)Nc1ncccn1. The van der Waals surface area contributed by atoms with E-state index in [1.54, 1.807) is 19.1 Å². The molecule has 1 heterocycles. The molecule has 2 rings (SSSR count). The van der Waals surface area contributed by atoms with Crippen LogP contribution in [0.5, 0.6) is 0 Å². The van der Waals surface area contributed by atoms with Crippen molar-refractivity contribution in [1.29, 1.82) is 0 Å². The predicted molar refractivity (Wildman–Crippen MR) is 77.6 cm³/mol. The Morgan fingerprint density at radius 3 is 2.55 bits per heavy atom. The van der Waals surface area contributed by atoms with E-state index < -0.39 is 10.0 Å². The zero-order valence-corrected chi connectivity index (χ0v) is 12.9. The Bertz CT molecular complexity index is 720. The van der Waals surface area contributed by atoms with E-state index in [0.717, 1.165) is 0 Å². The molecule has 2 aromatic rings. The molecule has 0 radical (unpaired) electrons. The zero-order chi connectivity index (χ0) is 14.8. The molecule has 0 aliphatic heterocycles. The van der Waals surface area contributed by atoms with Crippen LogP contribution in [0, 0.1) is 6.92 Å². The molecule has 0 unspecified atom stereocenters. The maximum atomic E-state index is 12.3. The van der Waals surface area contributed by atoms with Crippen LogP contribution in [0.3, 0.4) is 0 Å². The maximum absolute atomic E-state index is 12.3. The van der Waals surface area contributed by atoms with Crippen molar-refractivity contribution in [1.82, 2.24) is 9.97 Å². The summed E-state index contributed by atoms with van der Waals surface area (Å²) in [4.78, 5) is 7.72. The van der Waals surface area contributed by atoms with Crippen LogP contribution >= 0.6 is 15.9 Å². The highest BCUT2D eigenvalue weighted by Crippen LogP contribution is 2.26. The Kier molecular flexibility index (Phi) is 4.36. The fraction of sp³-hybridized carbons (Fsp3) is 0.167. The van der Waals surface area contributed by atoms with Crippen molar-refractivity contribution in [3.8, 4) is 0 Å². The van der Waals surface area contributed by atoms with Gasteiger partial charge in [-0.1, -0.05) is 15.9 Å². The molecule has 1 aromatic carbocycles. The lowest BCUT2D eigenvalue weighted by Gasteiger charge is -2.12. The number of aromatic nitrogens is 2. The highest BCUT2D eigenvalue weighted by molar-refractivity contribution is 9.10. The van der Waals surface area contributed by atoms with Crippen molar-refractivity contribution in [2.24, 2.45) is 0 Å². The van der Waals surface area contributed by atoms with Gasteiger partial charge in [0.15, 0.2) is 0 Å². The number of nitrogens with one attached hydrogen (secondary N) is 1. The third-order valence-corrected chi connectivity index (χ3v) is 4.90. The fourth-order valence-corrected chi connectivity index (χ4v) is 3.52. The van der Waals surface area contributed by atoms with Gasteiger partial charge in [0.25, 0.3) is 10.0 Å². The highest BCUT2D eigenvalue weighted by atomic mass is 79.9. The van der Waals surface area contributed by atoms with E-state index in [-0.39, 0.29) is 17.5 Å². The number of hydrogen-bond acceptors (Lipinski definition) is 5. The Balaban J connectivity index is 2.47. The summed E-state index contributed by atoms with van der Waals surface area (Å²) in [6.45, 7) is 1.43. The molecule has 0 aliphatic rings. The largest absolute Gasteiger partial charge is 0.392 e. The van der Waals surface area contributed by atoms with Crippen LogP contribution in [0.25, 0.3) is 0 Å². The summed E-state index contributed by atoms with van der Waals surface area (Å²) in [6, 6.07) is 4.69. The summed E-state index contributed by atoms with van der Waals surface area (Å²) >= 11 is 3.28. The van der Waals surface area contributed by atoms with Gasteiger partial charge in [-0.3, -0.25) is 0 Å². The first kappa shape index (κ1) is 14.9. The summed E-state index contributed by atoms with van der Waals surface area (Å²) < 4.78 is 27.6. The molecule has 1 aromatic heterocycles. The number of anilines is 1. The molecule has 0 saturated heterocycles. The Morgan fingerprint density at radius 2 is 1.95 bits per heavy atom. The molecule has 6 nitrogen and oxygen atoms in total. The van der Waals surface area contributed by atoms with Gasteiger partial charge >= 0.3 is 0 Å². The van der Waals surface area contributed by atoms with Crippen molar-refractivity contribution in [3.05, 3.63) is 46.2 Å². The number of hydrogen-bond donors (Lipinski definition) is 2.